The van der Waals surface area contributed by atoms with Crippen molar-refractivity contribution < 1.29 is 31.1 Å². The van der Waals surface area contributed by atoms with Gasteiger partial charge in [-0.05, 0) is 0 Å². The van der Waals surface area contributed by atoms with Crippen LogP contribution < -0.4 is 4.74 Å². The van der Waals surface area contributed by atoms with Crippen LogP contribution in [-0.4, -0.2) is 19.6 Å². The molecule has 0 unspecified atom stereocenters. The molecular weight excluding hydrogens is 342 g/mol. The van der Waals surface area contributed by atoms with Crippen LogP contribution >= 0.6 is 11.6 Å². The van der Waals surface area contributed by atoms with Crippen LogP contribution in [0.1, 0.15) is 11.4 Å². The first-order valence-corrected chi connectivity index (χ1v) is 5.88. The number of hydrogen-bond donors (Lipinski definition) is 0. The Kier molecular flexibility index (Phi) is 3.80. The van der Waals surface area contributed by atoms with Crippen LogP contribution in [0.5, 0.6) is 11.8 Å². The summed E-state index contributed by atoms with van der Waals surface area (Å²) >= 11 is 5.52. The first kappa shape index (κ1) is 16.5. The molecular formula is C10H7ClF6N4O. The predicted octanol–water partition coefficient (Wildman–Crippen LogP) is 3.64. The van der Waals surface area contributed by atoms with Gasteiger partial charge in [-0.2, -0.15) is 31.4 Å². The van der Waals surface area contributed by atoms with E-state index in [0.29, 0.717) is 15.4 Å². The number of rotatable bonds is 2. The molecule has 0 aromatic carbocycles. The third-order valence-electron chi connectivity index (χ3n) is 2.56. The molecule has 0 spiro atoms. The number of nitrogens with zero attached hydrogens (tertiary/aromatic N) is 4. The van der Waals surface area contributed by atoms with E-state index in [-0.39, 0.29) is 0 Å². The highest BCUT2D eigenvalue weighted by Gasteiger charge is 2.40. The second-order valence-electron chi connectivity index (χ2n) is 4.18. The Labute approximate surface area is 124 Å². The number of alkyl halides is 6. The van der Waals surface area contributed by atoms with E-state index in [1.54, 1.807) is 0 Å². The lowest BCUT2D eigenvalue weighted by molar-refractivity contribution is -0.143. The standard InChI is InChI=1S/C10H7ClF6N4O/c1-20-4(9(12,13)14)3-5(18-20)22-8-6(11)7(10(15,16)17)19-21(8)2/h3H,1-2H3. The molecule has 0 saturated carbocycles. The molecule has 0 saturated heterocycles. The van der Waals surface area contributed by atoms with Gasteiger partial charge >= 0.3 is 12.4 Å². The fourth-order valence-corrected chi connectivity index (χ4v) is 1.94. The Morgan fingerprint density at radius 3 is 2.00 bits per heavy atom. The predicted molar refractivity (Wildman–Crippen MR) is 61.5 cm³/mol. The van der Waals surface area contributed by atoms with E-state index in [4.69, 9.17) is 16.3 Å². The van der Waals surface area contributed by atoms with Gasteiger partial charge in [0.15, 0.2) is 5.69 Å². The van der Waals surface area contributed by atoms with Crippen LogP contribution in [0.4, 0.5) is 26.3 Å². The van der Waals surface area contributed by atoms with Crippen LogP contribution in [0.3, 0.4) is 0 Å². The van der Waals surface area contributed by atoms with E-state index in [1.807, 2.05) is 0 Å². The van der Waals surface area contributed by atoms with Crippen LogP contribution in [0.15, 0.2) is 6.07 Å². The van der Waals surface area contributed by atoms with E-state index in [2.05, 4.69) is 10.2 Å². The number of aryl methyl sites for hydroxylation is 2. The Hall–Kier alpha value is -1.91. The van der Waals surface area contributed by atoms with Crippen molar-refractivity contribution in [2.45, 2.75) is 12.4 Å². The Morgan fingerprint density at radius 2 is 1.59 bits per heavy atom. The highest BCUT2D eigenvalue weighted by molar-refractivity contribution is 6.32. The molecule has 0 aliphatic carbocycles. The molecule has 0 amide bonds. The van der Waals surface area contributed by atoms with Gasteiger partial charge in [0.25, 0.3) is 0 Å². The van der Waals surface area contributed by atoms with Gasteiger partial charge in [-0.15, -0.1) is 5.10 Å². The average Bonchev–Trinajstić information content (AvgIpc) is 2.83. The normalized spacial score (nSPS) is 12.8. The smallest absolute Gasteiger partial charge is 0.418 e. The molecule has 2 aromatic rings. The van der Waals surface area contributed by atoms with Crippen molar-refractivity contribution in [3.05, 3.63) is 22.5 Å². The van der Waals surface area contributed by atoms with Crippen molar-refractivity contribution in [2.75, 3.05) is 0 Å². The first-order chi connectivity index (χ1) is 9.91. The number of ether oxygens (including phenoxy) is 1. The third-order valence-corrected chi connectivity index (χ3v) is 2.90. The Balaban J connectivity index is 2.39. The minimum Gasteiger partial charge on any atom is -0.418 e. The van der Waals surface area contributed by atoms with Gasteiger partial charge in [0.1, 0.15) is 10.7 Å². The monoisotopic (exact) mass is 348 g/mol. The van der Waals surface area contributed by atoms with Gasteiger partial charge in [-0.1, -0.05) is 11.6 Å². The summed E-state index contributed by atoms with van der Waals surface area (Å²) in [6, 6.07) is 0.538. The molecule has 2 heterocycles. The largest absolute Gasteiger partial charge is 0.436 e. The molecule has 122 valence electrons. The van der Waals surface area contributed by atoms with E-state index >= 15 is 0 Å². The molecule has 12 heteroatoms. The van der Waals surface area contributed by atoms with Gasteiger partial charge in [0.05, 0.1) is 0 Å². The van der Waals surface area contributed by atoms with Crippen LogP contribution in [0.2, 0.25) is 5.02 Å². The summed E-state index contributed by atoms with van der Waals surface area (Å²) in [7, 11) is 2.12. The van der Waals surface area contributed by atoms with Crippen LogP contribution in [0.25, 0.3) is 0 Å². The molecule has 0 bridgehead atoms. The second kappa shape index (κ2) is 5.07. The lowest BCUT2D eigenvalue weighted by atomic mass is 10.4. The summed E-state index contributed by atoms with van der Waals surface area (Å²) in [5.74, 6) is -1.13. The molecule has 22 heavy (non-hydrogen) atoms. The minimum atomic E-state index is -4.82. The van der Waals surface area contributed by atoms with Crippen molar-refractivity contribution >= 4 is 11.6 Å². The first-order valence-electron chi connectivity index (χ1n) is 5.50. The molecule has 0 aliphatic rings. The van der Waals surface area contributed by atoms with Crippen molar-refractivity contribution in [3.63, 3.8) is 0 Å². The molecule has 0 aliphatic heterocycles. The van der Waals surface area contributed by atoms with Crippen molar-refractivity contribution in [1.82, 2.24) is 19.6 Å². The zero-order chi connectivity index (χ0) is 16.9. The maximum Gasteiger partial charge on any atom is 0.436 e. The molecule has 0 atom stereocenters. The fourth-order valence-electron chi connectivity index (χ4n) is 1.63. The summed E-state index contributed by atoms with van der Waals surface area (Å²) in [6.45, 7) is 0. The summed E-state index contributed by atoms with van der Waals surface area (Å²) in [4.78, 5) is 0. The zero-order valence-electron chi connectivity index (χ0n) is 10.9. The second-order valence-corrected chi connectivity index (χ2v) is 4.56. The topological polar surface area (TPSA) is 44.9 Å². The van der Waals surface area contributed by atoms with Gasteiger partial charge in [0.2, 0.25) is 11.8 Å². The fraction of sp³-hybridized carbons (Fsp3) is 0.400. The summed E-state index contributed by atoms with van der Waals surface area (Å²) < 4.78 is 81.8. The Bertz CT molecular complexity index is 702. The minimum absolute atomic E-state index is 0.490. The molecule has 0 N–H and O–H groups in total. The van der Waals surface area contributed by atoms with Crippen molar-refractivity contribution in [3.8, 4) is 11.8 Å². The van der Waals surface area contributed by atoms with E-state index in [0.717, 1.165) is 14.1 Å². The molecule has 5 nitrogen and oxygen atoms in total. The van der Waals surface area contributed by atoms with E-state index in [1.165, 1.54) is 0 Å². The summed E-state index contributed by atoms with van der Waals surface area (Å²) in [5.41, 5.74) is -2.53. The molecule has 2 aromatic heterocycles. The number of hydrogen-bond acceptors (Lipinski definition) is 3. The highest BCUT2D eigenvalue weighted by atomic mass is 35.5. The average molecular weight is 349 g/mol. The quantitative estimate of drug-likeness (QED) is 0.778. The molecule has 2 rings (SSSR count). The van der Waals surface area contributed by atoms with Gasteiger partial charge in [-0.25, -0.2) is 4.68 Å². The summed E-state index contributed by atoms with van der Waals surface area (Å²) in [6.07, 6.45) is -9.51. The Morgan fingerprint density at radius 1 is 1.00 bits per heavy atom. The van der Waals surface area contributed by atoms with Gasteiger partial charge in [0, 0.05) is 20.2 Å². The SMILES string of the molecule is Cn1nc(Oc2c(Cl)c(C(F)(F)F)nn2C)cc1C(F)(F)F. The number of halogens is 7. The van der Waals surface area contributed by atoms with E-state index in [9.17, 15) is 26.3 Å². The van der Waals surface area contributed by atoms with Gasteiger partial charge in [-0.3, -0.25) is 4.68 Å². The van der Waals surface area contributed by atoms with Gasteiger partial charge < -0.3 is 4.74 Å². The lowest BCUT2D eigenvalue weighted by Crippen LogP contribution is -2.11. The van der Waals surface area contributed by atoms with Crippen LogP contribution in [-0.2, 0) is 26.4 Å². The van der Waals surface area contributed by atoms with E-state index < -0.39 is 40.5 Å². The molecule has 0 fully saturated rings. The maximum atomic E-state index is 12.6. The third kappa shape index (κ3) is 2.98. The number of aromatic nitrogens is 4. The lowest BCUT2D eigenvalue weighted by Gasteiger charge is -2.04. The highest BCUT2D eigenvalue weighted by Crippen LogP contribution is 2.40. The maximum absolute atomic E-state index is 12.6. The summed E-state index contributed by atoms with van der Waals surface area (Å²) in [5, 5.41) is 5.69. The van der Waals surface area contributed by atoms with Crippen molar-refractivity contribution in [1.29, 1.82) is 0 Å². The molecule has 0 radical (unpaired) electrons. The van der Waals surface area contributed by atoms with Crippen molar-refractivity contribution in [2.24, 2.45) is 14.1 Å². The zero-order valence-corrected chi connectivity index (χ0v) is 11.7. The van der Waals surface area contributed by atoms with Crippen LogP contribution in [0, 0.1) is 0 Å².